The van der Waals surface area contributed by atoms with Crippen LogP contribution in [0.1, 0.15) is 281 Å². The number of hydrogen-bond donors (Lipinski definition) is 0. The number of ketones is 2. The van der Waals surface area contributed by atoms with Crippen LogP contribution in [0.5, 0.6) is 5.75 Å². The van der Waals surface area contributed by atoms with Crippen LogP contribution in [0.4, 0.5) is 22.0 Å². The molecule has 0 amide bonds. The molecular formula is C72H110F5N3O15. The van der Waals surface area contributed by atoms with Crippen molar-refractivity contribution in [3.63, 3.8) is 0 Å². The van der Waals surface area contributed by atoms with Crippen LogP contribution in [0.3, 0.4) is 0 Å². The van der Waals surface area contributed by atoms with E-state index in [0.717, 1.165) is 25.0 Å². The molecule has 2 aromatic rings. The van der Waals surface area contributed by atoms with E-state index in [1.54, 1.807) is 43.0 Å². The van der Waals surface area contributed by atoms with Gasteiger partial charge in [0.05, 0.1) is 45.4 Å². The number of halogens is 5. The number of ether oxygens (including phenoxy) is 4. The average Bonchev–Trinajstić information content (AvgIpc) is 0.756. The van der Waals surface area contributed by atoms with Gasteiger partial charge in [0.15, 0.2) is 23.3 Å². The third-order valence-corrected chi connectivity index (χ3v) is 20.8. The summed E-state index contributed by atoms with van der Waals surface area (Å²) in [7, 11) is 0. The lowest BCUT2D eigenvalue weighted by Crippen LogP contribution is -2.68. The quantitative estimate of drug-likeness (QED) is 0.0147. The molecule has 3 aliphatic rings. The lowest BCUT2D eigenvalue weighted by Gasteiger charge is -2.57. The number of Topliss-reactive ketones (excluding diaryl/α,β-unsaturated/α-hetero) is 2. The number of rotatable bonds is 28. The van der Waals surface area contributed by atoms with E-state index in [4.69, 9.17) is 33.5 Å². The van der Waals surface area contributed by atoms with Gasteiger partial charge in [-0.15, -0.1) is 15.2 Å². The Labute approximate surface area is 560 Å². The molecule has 12 unspecified atom stereocenters. The summed E-state index contributed by atoms with van der Waals surface area (Å²) in [6.45, 7) is 37.5. The van der Waals surface area contributed by atoms with E-state index in [2.05, 4.69) is 41.5 Å². The minimum absolute atomic E-state index is 0.0188. The van der Waals surface area contributed by atoms with Gasteiger partial charge in [-0.3, -0.25) is 24.0 Å². The van der Waals surface area contributed by atoms with E-state index < -0.39 is 110 Å². The topological polar surface area (TPSA) is 211 Å². The maximum Gasteiger partial charge on any atom is 0.344 e. The van der Waals surface area contributed by atoms with Crippen LogP contribution in [-0.4, -0.2) is 121 Å². The first-order valence-corrected chi connectivity index (χ1v) is 34.1. The van der Waals surface area contributed by atoms with E-state index >= 15 is 0 Å². The summed E-state index contributed by atoms with van der Waals surface area (Å²) >= 11 is 0. The molecule has 12 atom stereocenters. The van der Waals surface area contributed by atoms with Crippen molar-refractivity contribution in [2.24, 2.45) is 17.8 Å². The molecule has 0 spiro atoms. The van der Waals surface area contributed by atoms with Crippen LogP contribution in [0.2, 0.25) is 0 Å². The molecule has 0 bridgehead atoms. The van der Waals surface area contributed by atoms with E-state index in [1.165, 1.54) is 72.6 Å². The van der Waals surface area contributed by atoms with E-state index in [0.29, 0.717) is 50.7 Å². The van der Waals surface area contributed by atoms with Crippen molar-refractivity contribution in [2.45, 2.75) is 312 Å². The summed E-state index contributed by atoms with van der Waals surface area (Å²) in [6, 6.07) is 7.25. The Kier molecular flexibility index (Phi) is 31.5. The minimum Gasteiger partial charge on any atom is -0.494 e. The fourth-order valence-electron chi connectivity index (χ4n) is 13.3. The van der Waals surface area contributed by atoms with Crippen LogP contribution in [0, 0.1) is 46.8 Å². The lowest BCUT2D eigenvalue weighted by atomic mass is 9.69. The molecule has 0 N–H and O–H groups in total. The van der Waals surface area contributed by atoms with Gasteiger partial charge in [0.2, 0.25) is 5.82 Å². The number of benzene rings is 2. The first-order valence-electron chi connectivity index (χ1n) is 34.1. The van der Waals surface area contributed by atoms with Gasteiger partial charge in [-0.2, -0.15) is 0 Å². The normalized spacial score (nSPS) is 28.5. The zero-order valence-electron chi connectivity index (χ0n) is 60.3. The van der Waals surface area contributed by atoms with Crippen molar-refractivity contribution in [1.82, 2.24) is 15.2 Å². The second kappa shape index (κ2) is 36.0. The van der Waals surface area contributed by atoms with Gasteiger partial charge in [-0.25, -0.2) is 36.3 Å². The van der Waals surface area contributed by atoms with Crippen LogP contribution in [-0.2, 0) is 57.5 Å². The lowest BCUT2D eigenvalue weighted by molar-refractivity contribution is -0.300. The number of carbonyl (C=O) groups excluding carboxylic acids is 8. The van der Waals surface area contributed by atoms with Crippen LogP contribution >= 0.6 is 0 Å². The molecule has 538 valence electrons. The fraction of sp³-hybridized carbons (Fsp3) is 0.722. The van der Waals surface area contributed by atoms with E-state index in [9.17, 15) is 60.3 Å². The highest BCUT2D eigenvalue weighted by Gasteiger charge is 2.59. The zero-order valence-corrected chi connectivity index (χ0v) is 60.3. The Morgan fingerprint density at radius 1 is 0.432 bits per heavy atom. The number of hydrogen-bond acceptors (Lipinski definition) is 18. The van der Waals surface area contributed by atoms with Crippen LogP contribution < -0.4 is 4.74 Å². The molecule has 0 aromatic heterocycles. The number of piperidine rings is 3. The second-order valence-electron chi connectivity index (χ2n) is 27.6. The van der Waals surface area contributed by atoms with Crippen molar-refractivity contribution in [3.8, 4) is 5.75 Å². The Balaban J connectivity index is 0.000000376. The van der Waals surface area contributed by atoms with Crippen molar-refractivity contribution in [2.75, 3.05) is 6.61 Å². The van der Waals surface area contributed by atoms with Crippen molar-refractivity contribution in [1.29, 1.82) is 0 Å². The summed E-state index contributed by atoms with van der Waals surface area (Å²) in [4.78, 5) is 113. The summed E-state index contributed by atoms with van der Waals surface area (Å²) in [5, 5.41) is 5.15. The van der Waals surface area contributed by atoms with E-state index in [1.807, 2.05) is 65.7 Å². The third-order valence-electron chi connectivity index (χ3n) is 20.8. The first kappa shape index (κ1) is 83.2. The molecular weight excluding hydrogens is 1240 g/mol. The number of hydroxylamine groups is 6. The summed E-state index contributed by atoms with van der Waals surface area (Å²) in [5.74, 6) is -15.6. The molecule has 3 aliphatic heterocycles. The highest BCUT2D eigenvalue weighted by Crippen LogP contribution is 2.50. The predicted octanol–water partition coefficient (Wildman–Crippen LogP) is 15.9. The number of esters is 3. The Bertz CT molecular complexity index is 2930. The number of nitrogens with zero attached hydrogens (tertiary/aromatic N) is 3. The van der Waals surface area contributed by atoms with Gasteiger partial charge in [-0.05, 0) is 125 Å². The molecule has 0 aliphatic carbocycles. The van der Waals surface area contributed by atoms with Gasteiger partial charge >= 0.3 is 35.8 Å². The van der Waals surface area contributed by atoms with Gasteiger partial charge in [-0.1, -0.05) is 114 Å². The minimum atomic E-state index is -2.35. The van der Waals surface area contributed by atoms with Crippen LogP contribution in [0.25, 0.3) is 0 Å². The SMILES string of the molecule is CCC1(C)CC(OC(=O)CC(C)=O)C(C)C(C)(CC)N1OC(=O)CC(C)=O.CCC1(C)CC(OC(=O)c2c(F)c(F)c(F)c(F)c2F)C(C)C(C)(CC)N1OC(C)=O.CCCCCCCCCCOc1ccc(C(=O)OC2CC(C)(CC)N(OC(C)=O)C(C)(CC)C2C)cc1. The molecule has 0 radical (unpaired) electrons. The molecule has 18 nitrogen and oxygen atoms in total. The third kappa shape index (κ3) is 20.5. The second-order valence-corrected chi connectivity index (χ2v) is 27.6. The Morgan fingerprint density at radius 3 is 1.13 bits per heavy atom. The maximum atomic E-state index is 14.1. The van der Waals surface area contributed by atoms with E-state index in [-0.39, 0.29) is 60.7 Å². The first-order chi connectivity index (χ1) is 44.2. The molecule has 3 saturated heterocycles. The summed E-state index contributed by atoms with van der Waals surface area (Å²) < 4.78 is 91.4. The van der Waals surface area contributed by atoms with Crippen molar-refractivity contribution in [3.05, 3.63) is 64.5 Å². The number of unbranched alkanes of at least 4 members (excludes halogenated alkanes) is 7. The average molecular weight is 1350 g/mol. The molecule has 3 fully saturated rings. The molecule has 2 aromatic carbocycles. The standard InChI is InChI=1S/C31H51NO5.C21H26F5NO4.C20H33NO6/c1-8-11-12-13-14-15-16-17-22-35-27-20-18-26(19-21-27)29(34)36-28-23-30(6,9-2)32(37-25(5)33)31(7,10-3)24(28)4;1-7-20(5)9-12(10(3)21(6,8-2)27(20)31-11(4)28)30-19(29)13-14(22)16(24)18(26)17(25)15(13)23;1-8-19(6)12-16(26-17(24)10-13(3)22)15(5)20(7,9-2)21(19)27-18(25)11-14(4)23/h18-21,24,28H,8-17,22-23H2,1-7H3;10,12H,7-9H2,1-6H3;15-16H,8-12H2,1-7H3. The van der Waals surface area contributed by atoms with Crippen molar-refractivity contribution < 1.29 is 93.8 Å². The molecule has 95 heavy (non-hydrogen) atoms. The van der Waals surface area contributed by atoms with Gasteiger partial charge in [0.1, 0.15) is 54.0 Å². The fourth-order valence-corrected chi connectivity index (χ4v) is 13.3. The van der Waals surface area contributed by atoms with Crippen molar-refractivity contribution >= 4 is 47.4 Å². The molecule has 5 rings (SSSR count). The predicted molar refractivity (Wildman–Crippen MR) is 348 cm³/mol. The number of carbonyl (C=O) groups is 8. The monoisotopic (exact) mass is 1350 g/mol. The summed E-state index contributed by atoms with van der Waals surface area (Å²) in [6.07, 6.45) is 12.9. The largest absolute Gasteiger partial charge is 0.494 e. The highest BCUT2D eigenvalue weighted by molar-refractivity contribution is 5.95. The molecule has 3 heterocycles. The van der Waals surface area contributed by atoms with Crippen LogP contribution in [0.15, 0.2) is 24.3 Å². The highest BCUT2D eigenvalue weighted by atomic mass is 19.2. The van der Waals surface area contributed by atoms with Gasteiger partial charge in [0, 0.05) is 50.9 Å². The Hall–Kier alpha value is -6.07. The smallest absolute Gasteiger partial charge is 0.344 e. The zero-order chi connectivity index (χ0) is 72.4. The maximum absolute atomic E-state index is 14.1. The molecule has 23 heteroatoms. The molecule has 0 saturated carbocycles. The van der Waals surface area contributed by atoms with Gasteiger partial charge < -0.3 is 33.5 Å². The summed E-state index contributed by atoms with van der Waals surface area (Å²) in [5.41, 5.74) is -4.80. The Morgan fingerprint density at radius 2 is 0.768 bits per heavy atom. The van der Waals surface area contributed by atoms with Gasteiger partial charge in [0.25, 0.3) is 0 Å².